The molecule has 1 amide bonds. The van der Waals surface area contributed by atoms with E-state index in [4.69, 9.17) is 0 Å². The first kappa shape index (κ1) is 13.5. The third-order valence-electron chi connectivity index (χ3n) is 3.43. The van der Waals surface area contributed by atoms with Crippen molar-refractivity contribution in [3.63, 3.8) is 0 Å². The van der Waals surface area contributed by atoms with E-state index in [2.05, 4.69) is 22.9 Å². The van der Waals surface area contributed by atoms with E-state index in [0.717, 1.165) is 32.4 Å². The fourth-order valence-corrected chi connectivity index (χ4v) is 2.83. The minimum Gasteiger partial charge on any atom is -0.338 e. The van der Waals surface area contributed by atoms with Crippen molar-refractivity contribution in [2.24, 2.45) is 5.92 Å². The van der Waals surface area contributed by atoms with Gasteiger partial charge in [-0.05, 0) is 37.0 Å². The summed E-state index contributed by atoms with van der Waals surface area (Å²) in [6.07, 6.45) is 3.32. The van der Waals surface area contributed by atoms with Crippen LogP contribution < -0.4 is 0 Å². The lowest BCUT2D eigenvalue weighted by atomic mass is 10.0. The number of amides is 1. The van der Waals surface area contributed by atoms with Crippen LogP contribution in [0, 0.1) is 11.7 Å². The second kappa shape index (κ2) is 5.83. The second-order valence-electron chi connectivity index (χ2n) is 4.82. The maximum Gasteiger partial charge on any atom is 0.256 e. The van der Waals surface area contributed by atoms with Crippen LogP contribution in [-0.2, 0) is 0 Å². The average Bonchev–Trinajstić information content (AvgIpc) is 2.77. The van der Waals surface area contributed by atoms with Crippen LogP contribution >= 0.6 is 15.9 Å². The normalized spacial score (nSPS) is 19.3. The van der Waals surface area contributed by atoms with E-state index in [1.165, 1.54) is 6.07 Å². The molecule has 1 aromatic carbocycles. The second-order valence-corrected chi connectivity index (χ2v) is 5.73. The Morgan fingerprint density at radius 1 is 1.56 bits per heavy atom. The van der Waals surface area contributed by atoms with E-state index in [1.54, 1.807) is 17.0 Å². The first-order valence-corrected chi connectivity index (χ1v) is 7.15. The van der Waals surface area contributed by atoms with Gasteiger partial charge in [0.05, 0.1) is 5.56 Å². The highest BCUT2D eigenvalue weighted by molar-refractivity contribution is 9.10. The van der Waals surface area contributed by atoms with Gasteiger partial charge in [0.25, 0.3) is 5.91 Å². The summed E-state index contributed by atoms with van der Waals surface area (Å²) >= 11 is 3.19. The molecular weight excluding hydrogens is 297 g/mol. The highest BCUT2D eigenvalue weighted by Gasteiger charge is 2.27. The molecule has 0 bridgehead atoms. The van der Waals surface area contributed by atoms with E-state index < -0.39 is 5.82 Å². The van der Waals surface area contributed by atoms with E-state index in [-0.39, 0.29) is 11.5 Å². The highest BCUT2D eigenvalue weighted by atomic mass is 79.9. The van der Waals surface area contributed by atoms with Gasteiger partial charge in [0, 0.05) is 17.6 Å². The largest absolute Gasteiger partial charge is 0.338 e. The molecule has 98 valence electrons. The zero-order valence-electron chi connectivity index (χ0n) is 10.5. The van der Waals surface area contributed by atoms with Crippen LogP contribution in [0.1, 0.15) is 36.5 Å². The fraction of sp³-hybridized carbons (Fsp3) is 0.500. The Labute approximate surface area is 115 Å². The van der Waals surface area contributed by atoms with Crippen LogP contribution in [0.25, 0.3) is 0 Å². The summed E-state index contributed by atoms with van der Waals surface area (Å²) in [4.78, 5) is 14.0. The van der Waals surface area contributed by atoms with Gasteiger partial charge in [-0.2, -0.15) is 0 Å². The van der Waals surface area contributed by atoms with Gasteiger partial charge in [-0.15, -0.1) is 0 Å². The van der Waals surface area contributed by atoms with Crippen molar-refractivity contribution < 1.29 is 9.18 Å². The molecular formula is C14H17BrFNO. The molecule has 0 aliphatic carbocycles. The van der Waals surface area contributed by atoms with E-state index in [1.807, 2.05) is 0 Å². The van der Waals surface area contributed by atoms with Gasteiger partial charge in [0.2, 0.25) is 0 Å². The van der Waals surface area contributed by atoms with Crippen molar-refractivity contribution in [3.8, 4) is 0 Å². The molecule has 1 heterocycles. The Bertz CT molecular complexity index is 449. The van der Waals surface area contributed by atoms with Gasteiger partial charge in [-0.1, -0.05) is 29.3 Å². The van der Waals surface area contributed by atoms with Crippen molar-refractivity contribution in [1.82, 2.24) is 4.90 Å². The molecule has 0 saturated carbocycles. The molecule has 0 radical (unpaired) electrons. The summed E-state index contributed by atoms with van der Waals surface area (Å²) in [6.45, 7) is 3.67. The third-order valence-corrected chi connectivity index (χ3v) is 3.92. The molecule has 0 N–H and O–H groups in total. The topological polar surface area (TPSA) is 20.3 Å². The van der Waals surface area contributed by atoms with Gasteiger partial charge in [0.1, 0.15) is 5.82 Å². The van der Waals surface area contributed by atoms with Crippen molar-refractivity contribution in [3.05, 3.63) is 34.1 Å². The molecule has 18 heavy (non-hydrogen) atoms. The van der Waals surface area contributed by atoms with Gasteiger partial charge in [0.15, 0.2) is 0 Å². The number of hydrogen-bond acceptors (Lipinski definition) is 1. The molecule has 2 rings (SSSR count). The number of nitrogens with zero attached hydrogens (tertiary/aromatic N) is 1. The molecule has 1 aliphatic rings. The quantitative estimate of drug-likeness (QED) is 0.830. The van der Waals surface area contributed by atoms with Crippen LogP contribution in [0.2, 0.25) is 0 Å². The lowest BCUT2D eigenvalue weighted by Gasteiger charge is -2.17. The monoisotopic (exact) mass is 313 g/mol. The van der Waals surface area contributed by atoms with Crippen LogP contribution in [0.3, 0.4) is 0 Å². The summed E-state index contributed by atoms with van der Waals surface area (Å²) in [6, 6.07) is 4.59. The molecule has 1 aromatic rings. The minimum absolute atomic E-state index is 0.176. The van der Waals surface area contributed by atoms with Crippen molar-refractivity contribution in [1.29, 1.82) is 0 Å². The maximum atomic E-state index is 13.7. The Morgan fingerprint density at radius 2 is 2.33 bits per heavy atom. The Balaban J connectivity index is 2.08. The zero-order valence-corrected chi connectivity index (χ0v) is 12.0. The summed E-state index contributed by atoms with van der Waals surface area (Å²) in [5.41, 5.74) is 0.176. The number of benzene rings is 1. The number of carbonyl (C=O) groups excluding carboxylic acids is 1. The van der Waals surface area contributed by atoms with Crippen LogP contribution in [0.5, 0.6) is 0 Å². The summed E-state index contributed by atoms with van der Waals surface area (Å²) in [5.74, 6) is -0.0515. The number of hydrogen-bond donors (Lipinski definition) is 0. The van der Waals surface area contributed by atoms with Gasteiger partial charge in [-0.25, -0.2) is 4.39 Å². The lowest BCUT2D eigenvalue weighted by Crippen LogP contribution is -2.29. The number of carbonyl (C=O) groups is 1. The molecule has 4 heteroatoms. The third kappa shape index (κ3) is 2.91. The number of halogens is 2. The predicted molar refractivity (Wildman–Crippen MR) is 73.0 cm³/mol. The maximum absolute atomic E-state index is 13.7. The molecule has 0 aromatic heterocycles. The molecule has 1 atom stereocenters. The Morgan fingerprint density at radius 3 is 3.00 bits per heavy atom. The fourth-order valence-electron chi connectivity index (χ4n) is 2.49. The van der Waals surface area contributed by atoms with Gasteiger partial charge >= 0.3 is 0 Å². The Hall–Kier alpha value is -0.900. The molecule has 1 aliphatic heterocycles. The summed E-state index contributed by atoms with van der Waals surface area (Å²) in [7, 11) is 0. The summed E-state index contributed by atoms with van der Waals surface area (Å²) in [5, 5.41) is 0. The zero-order chi connectivity index (χ0) is 13.1. The van der Waals surface area contributed by atoms with Crippen LogP contribution in [-0.4, -0.2) is 23.9 Å². The molecule has 0 spiro atoms. The average molecular weight is 314 g/mol. The number of rotatable bonds is 3. The standard InChI is InChI=1S/C14H17BrFNO/c1-2-3-10-6-7-17(9-10)14(18)12-5-4-11(15)8-13(12)16/h4-5,8,10H,2-3,6-7,9H2,1H3. The number of likely N-dealkylation sites (tertiary alicyclic amines) is 1. The highest BCUT2D eigenvalue weighted by Crippen LogP contribution is 2.24. The molecule has 1 unspecified atom stereocenters. The van der Waals surface area contributed by atoms with Crippen molar-refractivity contribution in [2.75, 3.05) is 13.1 Å². The molecule has 2 nitrogen and oxygen atoms in total. The predicted octanol–water partition coefficient (Wildman–Crippen LogP) is 3.85. The van der Waals surface area contributed by atoms with E-state index >= 15 is 0 Å². The van der Waals surface area contributed by atoms with E-state index in [9.17, 15) is 9.18 Å². The first-order chi connectivity index (χ1) is 8.61. The summed E-state index contributed by atoms with van der Waals surface area (Å²) < 4.78 is 14.4. The van der Waals surface area contributed by atoms with E-state index in [0.29, 0.717) is 10.4 Å². The van der Waals surface area contributed by atoms with Gasteiger partial charge in [-0.3, -0.25) is 4.79 Å². The molecule has 1 fully saturated rings. The SMILES string of the molecule is CCCC1CCN(C(=O)c2ccc(Br)cc2F)C1. The smallest absolute Gasteiger partial charge is 0.256 e. The van der Waals surface area contributed by atoms with Crippen molar-refractivity contribution in [2.45, 2.75) is 26.2 Å². The van der Waals surface area contributed by atoms with Crippen LogP contribution in [0.15, 0.2) is 22.7 Å². The van der Waals surface area contributed by atoms with Crippen molar-refractivity contribution >= 4 is 21.8 Å². The van der Waals surface area contributed by atoms with Crippen LogP contribution in [0.4, 0.5) is 4.39 Å². The lowest BCUT2D eigenvalue weighted by molar-refractivity contribution is 0.0782. The molecule has 1 saturated heterocycles. The van der Waals surface area contributed by atoms with Gasteiger partial charge < -0.3 is 4.90 Å². The Kier molecular flexibility index (Phi) is 4.38. The first-order valence-electron chi connectivity index (χ1n) is 6.36. The minimum atomic E-state index is -0.451.